The van der Waals surface area contributed by atoms with Crippen molar-refractivity contribution in [2.24, 2.45) is 0 Å². The highest BCUT2D eigenvalue weighted by Crippen LogP contribution is 2.40. The molecule has 0 spiro atoms. The summed E-state index contributed by atoms with van der Waals surface area (Å²) in [5.41, 5.74) is 9.05. The minimum atomic E-state index is 0.550. The summed E-state index contributed by atoms with van der Waals surface area (Å²) >= 11 is 1.46. The van der Waals surface area contributed by atoms with E-state index in [4.69, 9.17) is 20.4 Å². The molecule has 9 heteroatoms. The maximum Gasteiger partial charge on any atom is 0.228 e. The topological polar surface area (TPSA) is 93.3 Å². The molecule has 138 valence electrons. The van der Waals surface area contributed by atoms with E-state index in [2.05, 4.69) is 19.8 Å². The van der Waals surface area contributed by atoms with Crippen molar-refractivity contribution in [3.05, 3.63) is 36.3 Å². The molecule has 3 aromatic rings. The quantitative estimate of drug-likeness (QED) is 0.737. The smallest absolute Gasteiger partial charge is 0.228 e. The summed E-state index contributed by atoms with van der Waals surface area (Å²) in [6.07, 6.45) is 6.30. The largest absolute Gasteiger partial charge is 0.378 e. The minimum absolute atomic E-state index is 0.550. The van der Waals surface area contributed by atoms with Gasteiger partial charge in [0.15, 0.2) is 5.13 Å². The van der Waals surface area contributed by atoms with Gasteiger partial charge in [-0.15, -0.1) is 0 Å². The molecule has 0 unspecified atom stereocenters. The lowest BCUT2D eigenvalue weighted by molar-refractivity contribution is 0.122. The van der Waals surface area contributed by atoms with Crippen molar-refractivity contribution < 1.29 is 4.74 Å². The van der Waals surface area contributed by atoms with Crippen LogP contribution in [-0.2, 0) is 11.2 Å². The fourth-order valence-corrected chi connectivity index (χ4v) is 4.23. The van der Waals surface area contributed by atoms with Crippen molar-refractivity contribution in [3.63, 3.8) is 0 Å². The maximum absolute atomic E-state index is 5.88. The lowest BCUT2D eigenvalue weighted by Crippen LogP contribution is -2.37. The standard InChI is InChI=1S/C18H19N7OS/c19-17-21-11-14(27-17)15-13-3-6-25(12-1-4-20-5-2-12)16(13)23-18(22-15)24-7-9-26-10-8-24/h1-2,4-5,11H,3,6-10H2,(H2,19,21). The number of hydrogen-bond acceptors (Lipinski definition) is 9. The molecule has 8 nitrogen and oxygen atoms in total. The Morgan fingerprint density at radius 2 is 1.89 bits per heavy atom. The Labute approximate surface area is 160 Å². The molecule has 0 atom stereocenters. The zero-order valence-electron chi connectivity index (χ0n) is 14.7. The average molecular weight is 381 g/mol. The second-order valence-corrected chi connectivity index (χ2v) is 7.51. The zero-order valence-corrected chi connectivity index (χ0v) is 15.5. The number of thiazole rings is 1. The SMILES string of the molecule is Nc1ncc(-c2nc(N3CCOCC3)nc3c2CCN3c2ccncc2)s1. The van der Waals surface area contributed by atoms with Crippen LogP contribution >= 0.6 is 11.3 Å². The molecule has 5 heterocycles. The molecule has 0 saturated carbocycles. The summed E-state index contributed by atoms with van der Waals surface area (Å²) in [7, 11) is 0. The van der Waals surface area contributed by atoms with Crippen LogP contribution in [-0.4, -0.2) is 52.8 Å². The summed E-state index contributed by atoms with van der Waals surface area (Å²) in [5, 5.41) is 0.550. The van der Waals surface area contributed by atoms with Gasteiger partial charge in [-0.2, -0.15) is 4.98 Å². The molecule has 0 aliphatic carbocycles. The Kier molecular flexibility index (Phi) is 4.10. The molecule has 5 rings (SSSR count). The second kappa shape index (κ2) is 6.75. The molecular weight excluding hydrogens is 362 g/mol. The van der Waals surface area contributed by atoms with Crippen LogP contribution in [0.25, 0.3) is 10.6 Å². The number of ether oxygens (including phenoxy) is 1. The van der Waals surface area contributed by atoms with Crippen LogP contribution in [0.15, 0.2) is 30.7 Å². The molecule has 0 radical (unpaired) electrons. The third-order valence-corrected chi connectivity index (χ3v) is 5.67. The Hall–Kier alpha value is -2.78. The second-order valence-electron chi connectivity index (χ2n) is 6.44. The molecule has 2 N–H and O–H groups in total. The van der Waals surface area contributed by atoms with E-state index in [1.807, 2.05) is 24.5 Å². The number of morpholine rings is 1. The van der Waals surface area contributed by atoms with Crippen LogP contribution in [0, 0.1) is 0 Å². The fraction of sp³-hybridized carbons (Fsp3) is 0.333. The maximum atomic E-state index is 5.88. The molecule has 2 aliphatic heterocycles. The Bertz CT molecular complexity index is 956. The van der Waals surface area contributed by atoms with E-state index in [-0.39, 0.29) is 0 Å². The predicted molar refractivity (Wildman–Crippen MR) is 106 cm³/mol. The highest BCUT2D eigenvalue weighted by Gasteiger charge is 2.29. The monoisotopic (exact) mass is 381 g/mol. The van der Waals surface area contributed by atoms with Crippen molar-refractivity contribution in [2.45, 2.75) is 6.42 Å². The predicted octanol–water partition coefficient (Wildman–Crippen LogP) is 2.11. The van der Waals surface area contributed by atoms with Gasteiger partial charge in [0.25, 0.3) is 0 Å². The van der Waals surface area contributed by atoms with E-state index in [1.54, 1.807) is 6.20 Å². The molecule has 3 aromatic heterocycles. The molecule has 2 aliphatic rings. The van der Waals surface area contributed by atoms with E-state index in [9.17, 15) is 0 Å². The first-order valence-corrected chi connectivity index (χ1v) is 9.74. The molecule has 1 fully saturated rings. The molecule has 0 bridgehead atoms. The average Bonchev–Trinajstić information content (AvgIpc) is 3.35. The van der Waals surface area contributed by atoms with Crippen LogP contribution in [0.1, 0.15) is 5.56 Å². The summed E-state index contributed by atoms with van der Waals surface area (Å²) in [6, 6.07) is 4.02. The number of hydrogen-bond donors (Lipinski definition) is 1. The number of aromatic nitrogens is 4. The number of nitrogens with two attached hydrogens (primary N) is 1. The van der Waals surface area contributed by atoms with Gasteiger partial charge in [0.2, 0.25) is 5.95 Å². The molecule has 0 aromatic carbocycles. The molecule has 27 heavy (non-hydrogen) atoms. The number of nitrogen functional groups attached to an aromatic ring is 1. The van der Waals surface area contributed by atoms with Crippen LogP contribution in [0.2, 0.25) is 0 Å². The summed E-state index contributed by atoms with van der Waals surface area (Å²) in [4.78, 5) is 23.6. The highest BCUT2D eigenvalue weighted by molar-refractivity contribution is 7.18. The van der Waals surface area contributed by atoms with E-state index < -0.39 is 0 Å². The number of nitrogens with zero attached hydrogens (tertiary/aromatic N) is 6. The highest BCUT2D eigenvalue weighted by atomic mass is 32.1. The van der Waals surface area contributed by atoms with Gasteiger partial charge in [-0.3, -0.25) is 4.98 Å². The van der Waals surface area contributed by atoms with Gasteiger partial charge < -0.3 is 20.3 Å². The van der Waals surface area contributed by atoms with Crippen molar-refractivity contribution in [2.75, 3.05) is 48.4 Å². The molecule has 1 saturated heterocycles. The van der Waals surface area contributed by atoms with E-state index >= 15 is 0 Å². The van der Waals surface area contributed by atoms with Gasteiger partial charge in [0.1, 0.15) is 5.82 Å². The minimum Gasteiger partial charge on any atom is -0.378 e. The van der Waals surface area contributed by atoms with E-state index in [0.717, 1.165) is 59.6 Å². The third kappa shape index (κ3) is 2.98. The van der Waals surface area contributed by atoms with Crippen molar-refractivity contribution in [3.8, 4) is 10.6 Å². The Morgan fingerprint density at radius 3 is 2.63 bits per heavy atom. The molecular formula is C18H19N7OS. The number of fused-ring (bicyclic) bond motifs is 1. The summed E-state index contributed by atoms with van der Waals surface area (Å²) < 4.78 is 5.48. The Morgan fingerprint density at radius 1 is 1.07 bits per heavy atom. The Balaban J connectivity index is 1.64. The van der Waals surface area contributed by atoms with Crippen molar-refractivity contribution in [1.29, 1.82) is 0 Å². The third-order valence-electron chi connectivity index (χ3n) is 4.84. The fourth-order valence-electron chi connectivity index (χ4n) is 3.52. The van der Waals surface area contributed by atoms with Gasteiger partial charge in [-0.1, -0.05) is 11.3 Å². The summed E-state index contributed by atoms with van der Waals surface area (Å²) in [5.74, 6) is 1.69. The van der Waals surface area contributed by atoms with Crippen LogP contribution in [0.3, 0.4) is 0 Å². The zero-order chi connectivity index (χ0) is 18.2. The van der Waals surface area contributed by atoms with Crippen molar-refractivity contribution in [1.82, 2.24) is 19.9 Å². The number of anilines is 4. The summed E-state index contributed by atoms with van der Waals surface area (Å²) in [6.45, 7) is 3.83. The van der Waals surface area contributed by atoms with Crippen LogP contribution in [0.5, 0.6) is 0 Å². The van der Waals surface area contributed by atoms with Gasteiger partial charge in [0, 0.05) is 49.5 Å². The number of rotatable bonds is 3. The van der Waals surface area contributed by atoms with Gasteiger partial charge >= 0.3 is 0 Å². The van der Waals surface area contributed by atoms with E-state index in [0.29, 0.717) is 18.3 Å². The van der Waals surface area contributed by atoms with E-state index in [1.165, 1.54) is 11.3 Å². The van der Waals surface area contributed by atoms with Crippen molar-refractivity contribution >= 4 is 33.9 Å². The van der Waals surface area contributed by atoms with Gasteiger partial charge in [-0.25, -0.2) is 9.97 Å². The first-order valence-electron chi connectivity index (χ1n) is 8.92. The normalized spacial score (nSPS) is 16.6. The van der Waals surface area contributed by atoms with Gasteiger partial charge in [-0.05, 0) is 18.6 Å². The number of pyridine rings is 1. The first kappa shape index (κ1) is 16.4. The lowest BCUT2D eigenvalue weighted by Gasteiger charge is -2.28. The lowest BCUT2D eigenvalue weighted by atomic mass is 10.1. The van der Waals surface area contributed by atoms with Gasteiger partial charge in [0.05, 0.1) is 23.8 Å². The molecule has 0 amide bonds. The van der Waals surface area contributed by atoms with Crippen LogP contribution in [0.4, 0.5) is 22.6 Å². The van der Waals surface area contributed by atoms with Crippen LogP contribution < -0.4 is 15.5 Å². The first-order chi connectivity index (χ1) is 13.3.